The highest BCUT2D eigenvalue weighted by molar-refractivity contribution is 5.64. The Labute approximate surface area is 105 Å². The fourth-order valence-electron chi connectivity index (χ4n) is 3.15. The predicted octanol–water partition coefficient (Wildman–Crippen LogP) is 2.40. The molecule has 4 rings (SSSR count). The molecule has 2 unspecified atom stereocenters. The second-order valence-corrected chi connectivity index (χ2v) is 4.83. The molecule has 0 aromatic heterocycles. The fraction of sp³-hybridized carbons (Fsp3) is 0.429. The van der Waals surface area contributed by atoms with Gasteiger partial charge in [0, 0.05) is 30.2 Å². The Morgan fingerprint density at radius 1 is 1.33 bits per heavy atom. The van der Waals surface area contributed by atoms with Gasteiger partial charge in [-0.05, 0) is 12.8 Å². The zero-order valence-electron chi connectivity index (χ0n) is 10.4. The third-order valence-corrected chi connectivity index (χ3v) is 4.09. The van der Waals surface area contributed by atoms with E-state index in [9.17, 15) is 10.2 Å². The number of phenols is 2. The lowest BCUT2D eigenvalue weighted by Crippen LogP contribution is -2.35. The van der Waals surface area contributed by atoms with Crippen molar-refractivity contribution in [2.24, 2.45) is 0 Å². The van der Waals surface area contributed by atoms with Gasteiger partial charge in [0.25, 0.3) is 0 Å². The molecule has 0 saturated carbocycles. The number of aromatic hydroxyl groups is 2. The number of hydrogen-bond acceptors (Lipinski definition) is 4. The maximum Gasteiger partial charge on any atom is 0.164 e. The Morgan fingerprint density at radius 2 is 2.11 bits per heavy atom. The third-order valence-electron chi connectivity index (χ3n) is 4.09. The van der Waals surface area contributed by atoms with Crippen LogP contribution < -0.4 is 4.74 Å². The first-order valence-corrected chi connectivity index (χ1v) is 6.01. The SMILES string of the molecule is COc1cc(O)c2c(c1O)C1(OC)C=CC2CC1. The molecule has 0 saturated heterocycles. The van der Waals surface area contributed by atoms with Crippen molar-refractivity contribution in [1.82, 2.24) is 0 Å². The van der Waals surface area contributed by atoms with Crippen LogP contribution in [0.25, 0.3) is 0 Å². The number of rotatable bonds is 2. The van der Waals surface area contributed by atoms with Crippen LogP contribution >= 0.6 is 0 Å². The molecule has 96 valence electrons. The molecule has 0 radical (unpaired) electrons. The summed E-state index contributed by atoms with van der Waals surface area (Å²) in [5, 5.41) is 20.5. The Morgan fingerprint density at radius 3 is 2.67 bits per heavy atom. The van der Waals surface area contributed by atoms with E-state index in [2.05, 4.69) is 0 Å². The molecule has 0 heterocycles. The van der Waals surface area contributed by atoms with Crippen molar-refractivity contribution in [2.75, 3.05) is 14.2 Å². The van der Waals surface area contributed by atoms with Crippen LogP contribution in [-0.4, -0.2) is 24.4 Å². The summed E-state index contributed by atoms with van der Waals surface area (Å²) in [5.74, 6) is 0.661. The van der Waals surface area contributed by atoms with Gasteiger partial charge in [0.15, 0.2) is 11.5 Å². The van der Waals surface area contributed by atoms with Gasteiger partial charge in [0.2, 0.25) is 0 Å². The molecule has 3 aliphatic carbocycles. The number of methoxy groups -OCH3 is 2. The minimum atomic E-state index is -0.639. The lowest BCUT2D eigenvalue weighted by molar-refractivity contribution is 0.00397. The largest absolute Gasteiger partial charge is 0.507 e. The molecule has 1 aromatic rings. The fourth-order valence-corrected chi connectivity index (χ4v) is 3.15. The molecule has 0 spiro atoms. The van der Waals surface area contributed by atoms with Crippen LogP contribution in [0, 0.1) is 0 Å². The molecule has 2 bridgehead atoms. The average Bonchev–Trinajstić information content (AvgIpc) is 2.43. The molecule has 4 nitrogen and oxygen atoms in total. The second-order valence-electron chi connectivity index (χ2n) is 4.83. The first kappa shape index (κ1) is 11.4. The van der Waals surface area contributed by atoms with E-state index < -0.39 is 5.60 Å². The maximum atomic E-state index is 10.3. The number of phenolic OH excluding ortho intramolecular Hbond substituents is 2. The number of allylic oxidation sites excluding steroid dienone is 1. The lowest BCUT2D eigenvalue weighted by atomic mass is 9.68. The van der Waals surface area contributed by atoms with Crippen molar-refractivity contribution in [3.63, 3.8) is 0 Å². The molecule has 4 heteroatoms. The van der Waals surface area contributed by atoms with Crippen LogP contribution in [0.1, 0.15) is 29.9 Å². The van der Waals surface area contributed by atoms with Crippen molar-refractivity contribution < 1.29 is 19.7 Å². The molecule has 0 fully saturated rings. The Hall–Kier alpha value is -1.68. The van der Waals surface area contributed by atoms with E-state index in [1.54, 1.807) is 7.11 Å². The predicted molar refractivity (Wildman–Crippen MR) is 66.1 cm³/mol. The number of ether oxygens (including phenoxy) is 2. The molecular formula is C14H16O4. The zero-order chi connectivity index (χ0) is 12.9. The summed E-state index contributed by atoms with van der Waals surface area (Å²) in [7, 11) is 3.09. The van der Waals surface area contributed by atoms with Crippen molar-refractivity contribution in [1.29, 1.82) is 0 Å². The molecule has 2 N–H and O–H groups in total. The minimum Gasteiger partial charge on any atom is -0.507 e. The number of hydrogen-bond donors (Lipinski definition) is 2. The molecule has 0 aliphatic heterocycles. The second kappa shape index (κ2) is 3.65. The normalized spacial score (nSPS) is 28.2. The van der Waals surface area contributed by atoms with Gasteiger partial charge in [-0.25, -0.2) is 0 Å². The summed E-state index contributed by atoms with van der Waals surface area (Å²) in [6.45, 7) is 0. The Kier molecular flexibility index (Phi) is 2.32. The highest BCUT2D eigenvalue weighted by atomic mass is 16.5. The van der Waals surface area contributed by atoms with Crippen molar-refractivity contribution in [3.8, 4) is 17.2 Å². The minimum absolute atomic E-state index is 0.0706. The van der Waals surface area contributed by atoms with Crippen molar-refractivity contribution in [3.05, 3.63) is 29.3 Å². The van der Waals surface area contributed by atoms with Crippen LogP contribution in [0.3, 0.4) is 0 Å². The lowest BCUT2D eigenvalue weighted by Gasteiger charge is -2.43. The quantitative estimate of drug-likeness (QED) is 0.623. The molecule has 1 aromatic carbocycles. The number of fused-ring (bicyclic) bond motifs is 1. The van der Waals surface area contributed by atoms with Gasteiger partial charge in [-0.2, -0.15) is 0 Å². The van der Waals surface area contributed by atoms with E-state index >= 15 is 0 Å². The highest BCUT2D eigenvalue weighted by Gasteiger charge is 2.45. The summed E-state index contributed by atoms with van der Waals surface area (Å²) in [6.07, 6.45) is 5.73. The van der Waals surface area contributed by atoms with Crippen molar-refractivity contribution in [2.45, 2.75) is 24.4 Å². The smallest absolute Gasteiger partial charge is 0.164 e. The van der Waals surface area contributed by atoms with E-state index in [0.29, 0.717) is 5.56 Å². The van der Waals surface area contributed by atoms with Crippen LogP contribution in [0.15, 0.2) is 18.2 Å². The summed E-state index contributed by atoms with van der Waals surface area (Å²) < 4.78 is 10.7. The van der Waals surface area contributed by atoms with Gasteiger partial charge in [-0.15, -0.1) is 0 Å². The zero-order valence-corrected chi connectivity index (χ0v) is 10.4. The van der Waals surface area contributed by atoms with E-state index in [1.165, 1.54) is 13.2 Å². The van der Waals surface area contributed by atoms with Crippen LogP contribution in [0.5, 0.6) is 17.2 Å². The molecule has 18 heavy (non-hydrogen) atoms. The van der Waals surface area contributed by atoms with Crippen LogP contribution in [0.4, 0.5) is 0 Å². The molecule has 2 atom stereocenters. The maximum absolute atomic E-state index is 10.3. The van der Waals surface area contributed by atoms with Crippen LogP contribution in [0.2, 0.25) is 0 Å². The van der Waals surface area contributed by atoms with Gasteiger partial charge in [0.05, 0.1) is 7.11 Å². The summed E-state index contributed by atoms with van der Waals surface area (Å²) >= 11 is 0. The molecule has 0 amide bonds. The van der Waals surface area contributed by atoms with Crippen LogP contribution in [-0.2, 0) is 10.3 Å². The summed E-state index contributed by atoms with van der Waals surface area (Å²) in [4.78, 5) is 0. The van der Waals surface area contributed by atoms with Gasteiger partial charge >= 0.3 is 0 Å². The summed E-state index contributed by atoms with van der Waals surface area (Å²) in [5.41, 5.74) is 0.782. The van der Waals surface area contributed by atoms with E-state index in [1.807, 2.05) is 12.2 Å². The topological polar surface area (TPSA) is 58.9 Å². The first-order chi connectivity index (χ1) is 8.63. The van der Waals surface area contributed by atoms with Gasteiger partial charge < -0.3 is 19.7 Å². The molecule has 3 aliphatic rings. The van der Waals surface area contributed by atoms with E-state index in [0.717, 1.165) is 18.4 Å². The average molecular weight is 248 g/mol. The van der Waals surface area contributed by atoms with Gasteiger partial charge in [-0.1, -0.05) is 12.2 Å². The van der Waals surface area contributed by atoms with Crippen molar-refractivity contribution >= 4 is 0 Å². The summed E-state index contributed by atoms with van der Waals surface area (Å²) in [6, 6.07) is 1.46. The van der Waals surface area contributed by atoms with E-state index in [4.69, 9.17) is 9.47 Å². The molecular weight excluding hydrogens is 232 g/mol. The van der Waals surface area contributed by atoms with E-state index in [-0.39, 0.29) is 23.2 Å². The third kappa shape index (κ3) is 1.24. The standard InChI is InChI=1S/C14H16O4/c1-17-10-7-9(15)11-8-3-5-14(18-2,6-4-8)12(11)13(10)16/h3,5,7-8,15-16H,4,6H2,1-2H3. The number of benzene rings is 1. The van der Waals surface area contributed by atoms with Gasteiger partial charge in [-0.3, -0.25) is 0 Å². The Bertz CT molecular complexity index is 535. The first-order valence-electron chi connectivity index (χ1n) is 6.01. The Balaban J connectivity index is 2.34. The highest BCUT2D eigenvalue weighted by Crippen LogP contribution is 2.57. The van der Waals surface area contributed by atoms with Gasteiger partial charge in [0.1, 0.15) is 11.4 Å². The monoisotopic (exact) mass is 248 g/mol.